The molecule has 0 aromatic carbocycles. The van der Waals surface area contributed by atoms with Crippen LogP contribution >= 0.6 is 0 Å². The number of imidazole rings is 1. The molecule has 2 N–H and O–H groups in total. The zero-order valence-electron chi connectivity index (χ0n) is 14.2. The Bertz CT molecular complexity index is 879. The van der Waals surface area contributed by atoms with Gasteiger partial charge in [-0.2, -0.15) is 13.2 Å². The van der Waals surface area contributed by atoms with Crippen LogP contribution in [0.5, 0.6) is 0 Å². The summed E-state index contributed by atoms with van der Waals surface area (Å²) in [6.45, 7) is 4.69. The number of carbonyl (C=O) groups is 1. The predicted molar refractivity (Wildman–Crippen MR) is 84.7 cm³/mol. The average molecular weight is 370 g/mol. The number of nitrogens with one attached hydrogen (secondary N) is 2. The number of halogens is 4. The van der Waals surface area contributed by atoms with Crippen LogP contribution in [0.2, 0.25) is 0 Å². The Balaban J connectivity index is 1.71. The first-order valence-corrected chi connectivity index (χ1v) is 8.38. The number of aromatic nitrogens is 2. The maximum absolute atomic E-state index is 14.1. The molecule has 9 heteroatoms. The first-order chi connectivity index (χ1) is 12.1. The van der Waals surface area contributed by atoms with Crippen molar-refractivity contribution in [2.75, 3.05) is 13.1 Å². The summed E-state index contributed by atoms with van der Waals surface area (Å²) in [4.78, 5) is 16.2. The van der Waals surface area contributed by atoms with Crippen molar-refractivity contribution in [1.82, 2.24) is 20.0 Å². The van der Waals surface area contributed by atoms with Crippen molar-refractivity contribution in [2.45, 2.75) is 25.6 Å². The van der Waals surface area contributed by atoms with E-state index in [4.69, 9.17) is 0 Å². The first-order valence-electron chi connectivity index (χ1n) is 8.38. The zero-order valence-corrected chi connectivity index (χ0v) is 14.2. The monoisotopic (exact) mass is 370 g/mol. The molecule has 3 heterocycles. The van der Waals surface area contributed by atoms with Crippen LogP contribution in [-0.2, 0) is 16.5 Å². The highest BCUT2D eigenvalue weighted by Crippen LogP contribution is 2.49. The van der Waals surface area contributed by atoms with Gasteiger partial charge in [0, 0.05) is 12.1 Å². The van der Waals surface area contributed by atoms with Crippen molar-refractivity contribution in [1.29, 1.82) is 0 Å². The second kappa shape index (κ2) is 5.42. The molecule has 0 radical (unpaired) electrons. The Morgan fingerprint density at radius 1 is 1.31 bits per heavy atom. The van der Waals surface area contributed by atoms with E-state index < -0.39 is 28.7 Å². The Labute approximate surface area is 146 Å². The fourth-order valence-electron chi connectivity index (χ4n) is 3.99. The van der Waals surface area contributed by atoms with Gasteiger partial charge in [-0.25, -0.2) is 9.37 Å². The van der Waals surface area contributed by atoms with Gasteiger partial charge in [0.1, 0.15) is 17.2 Å². The normalized spacial score (nSPS) is 25.4. The number of hydrogen-bond donors (Lipinski definition) is 2. The number of alkyl halides is 3. The summed E-state index contributed by atoms with van der Waals surface area (Å²) in [6.07, 6.45) is -3.48. The summed E-state index contributed by atoms with van der Waals surface area (Å²) < 4.78 is 55.1. The number of fused-ring (bicyclic) bond motifs is 2. The number of piperidine rings is 1. The summed E-state index contributed by atoms with van der Waals surface area (Å²) in [7, 11) is 0. The van der Waals surface area contributed by atoms with Gasteiger partial charge in [-0.15, -0.1) is 0 Å². The highest BCUT2D eigenvalue weighted by Gasteiger charge is 2.57. The third kappa shape index (κ3) is 2.56. The van der Waals surface area contributed by atoms with Gasteiger partial charge in [-0.3, -0.25) is 9.20 Å². The lowest BCUT2D eigenvalue weighted by Crippen LogP contribution is -2.44. The molecule has 2 unspecified atom stereocenters. The molecule has 1 saturated heterocycles. The van der Waals surface area contributed by atoms with Crippen LogP contribution in [0.25, 0.3) is 5.52 Å². The zero-order chi connectivity index (χ0) is 18.9. The van der Waals surface area contributed by atoms with Gasteiger partial charge in [0.2, 0.25) is 5.91 Å². The fraction of sp³-hybridized carbons (Fsp3) is 0.529. The van der Waals surface area contributed by atoms with E-state index in [0.29, 0.717) is 0 Å². The molecule has 2 fully saturated rings. The average Bonchev–Trinajstić information content (AvgIpc) is 2.89. The molecule has 2 aromatic rings. The third-order valence-electron chi connectivity index (χ3n) is 5.27. The van der Waals surface area contributed by atoms with E-state index in [1.54, 1.807) is 13.8 Å². The van der Waals surface area contributed by atoms with Crippen molar-refractivity contribution in [3.63, 3.8) is 0 Å². The van der Waals surface area contributed by atoms with Crippen molar-refractivity contribution >= 4 is 11.4 Å². The highest BCUT2D eigenvalue weighted by molar-refractivity contribution is 5.83. The molecular formula is C17H18F4N4O. The van der Waals surface area contributed by atoms with Crippen LogP contribution in [0.1, 0.15) is 25.4 Å². The second-order valence-electron chi connectivity index (χ2n) is 7.48. The Kier molecular flexibility index (Phi) is 3.60. The molecule has 1 saturated carbocycles. The summed E-state index contributed by atoms with van der Waals surface area (Å²) >= 11 is 0. The molecule has 0 spiro atoms. The third-order valence-corrected chi connectivity index (χ3v) is 5.27. The highest BCUT2D eigenvalue weighted by atomic mass is 19.4. The molecule has 1 aliphatic heterocycles. The minimum atomic E-state index is -4.80. The molecule has 1 aliphatic carbocycles. The number of hydrogen-bond acceptors (Lipinski definition) is 3. The van der Waals surface area contributed by atoms with Crippen molar-refractivity contribution in [2.24, 2.45) is 17.8 Å². The first kappa shape index (κ1) is 17.3. The van der Waals surface area contributed by atoms with Gasteiger partial charge in [0.05, 0.1) is 5.54 Å². The van der Waals surface area contributed by atoms with Gasteiger partial charge in [-0.1, -0.05) is 0 Å². The molecule has 5 nitrogen and oxygen atoms in total. The number of nitrogens with zero attached hydrogens (tertiary/aromatic N) is 2. The van der Waals surface area contributed by atoms with E-state index >= 15 is 0 Å². The summed E-state index contributed by atoms with van der Waals surface area (Å²) in [5.41, 5.74) is -3.12. The van der Waals surface area contributed by atoms with E-state index in [0.717, 1.165) is 23.6 Å². The molecule has 2 aliphatic rings. The van der Waals surface area contributed by atoms with Crippen LogP contribution in [0, 0.1) is 23.6 Å². The van der Waals surface area contributed by atoms with Gasteiger partial charge in [0.15, 0.2) is 5.69 Å². The fourth-order valence-corrected chi connectivity index (χ4v) is 3.99. The van der Waals surface area contributed by atoms with E-state index in [-0.39, 0.29) is 29.5 Å². The summed E-state index contributed by atoms with van der Waals surface area (Å²) in [5.74, 6) is -0.828. The minimum absolute atomic E-state index is 0.0587. The molecular weight excluding hydrogens is 352 g/mol. The number of rotatable bonds is 3. The van der Waals surface area contributed by atoms with Crippen molar-refractivity contribution in [3.8, 4) is 0 Å². The van der Waals surface area contributed by atoms with Gasteiger partial charge >= 0.3 is 6.18 Å². The van der Waals surface area contributed by atoms with Crippen LogP contribution < -0.4 is 10.6 Å². The topological polar surface area (TPSA) is 58.4 Å². The van der Waals surface area contributed by atoms with Crippen LogP contribution in [-0.4, -0.2) is 28.4 Å². The number of carbonyl (C=O) groups excluding carboxylic acids is 1. The predicted octanol–water partition coefficient (Wildman–Crippen LogP) is 2.31. The van der Waals surface area contributed by atoms with Crippen LogP contribution in [0.15, 0.2) is 18.3 Å². The van der Waals surface area contributed by atoms with Gasteiger partial charge in [0.25, 0.3) is 0 Å². The molecule has 2 aromatic heterocycles. The van der Waals surface area contributed by atoms with E-state index in [1.807, 2.05) is 0 Å². The molecule has 1 amide bonds. The molecule has 0 bridgehead atoms. The molecule has 3 atom stereocenters. The summed E-state index contributed by atoms with van der Waals surface area (Å²) in [5, 5.41) is 5.99. The smallest absolute Gasteiger partial charge is 0.344 e. The minimum Gasteiger partial charge on any atom is -0.344 e. The van der Waals surface area contributed by atoms with Gasteiger partial charge in [-0.05, 0) is 50.9 Å². The Morgan fingerprint density at radius 3 is 2.58 bits per heavy atom. The van der Waals surface area contributed by atoms with Gasteiger partial charge < -0.3 is 10.6 Å². The maximum atomic E-state index is 14.1. The largest absolute Gasteiger partial charge is 0.435 e. The molecule has 140 valence electrons. The molecule has 4 rings (SSSR count). The quantitative estimate of drug-likeness (QED) is 0.816. The second-order valence-corrected chi connectivity index (χ2v) is 7.48. The van der Waals surface area contributed by atoms with Crippen LogP contribution in [0.3, 0.4) is 0 Å². The van der Waals surface area contributed by atoms with E-state index in [2.05, 4.69) is 15.6 Å². The lowest BCUT2D eigenvalue weighted by atomic mass is 10.0. The lowest BCUT2D eigenvalue weighted by Gasteiger charge is -2.25. The molecule has 26 heavy (non-hydrogen) atoms. The van der Waals surface area contributed by atoms with E-state index in [9.17, 15) is 22.4 Å². The SMILES string of the molecule is CC(C)(NC(=O)C1C2CNC[C@@H]21)c1nc(C(F)(F)F)c2c(F)cccn12. The van der Waals surface area contributed by atoms with Crippen molar-refractivity contribution < 1.29 is 22.4 Å². The number of amides is 1. The standard InChI is InChI=1S/C17H18F4N4O/c1-16(2,24-14(26)11-8-6-22-7-9(8)11)15-23-13(17(19,20)21)12-10(18)4-3-5-25(12)15/h3-5,8-9,11,22H,6-7H2,1-2H3,(H,24,26)/t8-,9?,11?/m0/s1. The summed E-state index contributed by atoms with van der Waals surface area (Å²) in [6, 6.07) is 2.27. The Morgan fingerprint density at radius 2 is 1.96 bits per heavy atom. The number of pyridine rings is 1. The van der Waals surface area contributed by atoms with E-state index in [1.165, 1.54) is 12.3 Å². The lowest BCUT2D eigenvalue weighted by molar-refractivity contribution is -0.139. The Hall–Kier alpha value is -2.16. The van der Waals surface area contributed by atoms with Crippen LogP contribution in [0.4, 0.5) is 17.6 Å². The maximum Gasteiger partial charge on any atom is 0.435 e. The van der Waals surface area contributed by atoms with Crippen molar-refractivity contribution in [3.05, 3.63) is 35.7 Å².